The van der Waals surface area contributed by atoms with Crippen LogP contribution in [0.15, 0.2) is 18.9 Å². The Balaban J connectivity index is 2.05. The maximum Gasteiger partial charge on any atom is 0.275 e. The van der Waals surface area contributed by atoms with Crippen LogP contribution >= 0.6 is 11.6 Å². The minimum absolute atomic E-state index is 0.0670. The smallest absolute Gasteiger partial charge is 0.275 e. The Morgan fingerprint density at radius 2 is 2.25 bits per heavy atom. The van der Waals surface area contributed by atoms with Crippen LogP contribution in [0.25, 0.3) is 0 Å². The number of rotatable bonds is 4. The van der Waals surface area contributed by atoms with Crippen LogP contribution < -0.4 is 0 Å². The Labute approximate surface area is 124 Å². The van der Waals surface area contributed by atoms with Crippen LogP contribution in [-0.4, -0.2) is 58.2 Å². The van der Waals surface area contributed by atoms with Crippen LogP contribution in [0, 0.1) is 0 Å². The molecule has 6 heteroatoms. The lowest BCUT2D eigenvalue weighted by atomic mass is 10.3. The van der Waals surface area contributed by atoms with E-state index in [1.165, 1.54) is 0 Å². The summed E-state index contributed by atoms with van der Waals surface area (Å²) in [6.45, 7) is 10.6. The largest absolute Gasteiger partial charge is 0.336 e. The number of hydrogen-bond donors (Lipinski definition) is 0. The molecule has 1 aromatic rings. The molecule has 0 aliphatic carbocycles. The topological polar surface area (TPSA) is 41.4 Å². The highest BCUT2D eigenvalue weighted by molar-refractivity contribution is 6.33. The Morgan fingerprint density at radius 1 is 1.45 bits per heavy atom. The number of carbonyl (C=O) groups is 1. The van der Waals surface area contributed by atoms with E-state index in [9.17, 15) is 4.79 Å². The lowest BCUT2D eigenvalue weighted by Gasteiger charge is -2.20. The van der Waals surface area contributed by atoms with Gasteiger partial charge in [0.2, 0.25) is 0 Å². The van der Waals surface area contributed by atoms with Gasteiger partial charge in [-0.25, -0.2) is 0 Å². The molecule has 1 amide bonds. The molecule has 0 unspecified atom stereocenters. The maximum atomic E-state index is 12.5. The van der Waals surface area contributed by atoms with Crippen molar-refractivity contribution in [2.45, 2.75) is 19.9 Å². The van der Waals surface area contributed by atoms with Crippen molar-refractivity contribution in [3.63, 3.8) is 0 Å². The zero-order valence-corrected chi connectivity index (χ0v) is 12.6. The molecule has 0 N–H and O–H groups in total. The molecule has 1 aliphatic heterocycles. The number of hydrogen-bond acceptors (Lipinski definition) is 3. The molecule has 1 aromatic heterocycles. The van der Waals surface area contributed by atoms with E-state index in [2.05, 4.69) is 16.6 Å². The van der Waals surface area contributed by atoms with Crippen LogP contribution in [0.3, 0.4) is 0 Å². The van der Waals surface area contributed by atoms with E-state index in [0.29, 0.717) is 23.8 Å². The fourth-order valence-corrected chi connectivity index (χ4v) is 2.62. The van der Waals surface area contributed by atoms with Crippen molar-refractivity contribution in [3.8, 4) is 0 Å². The molecule has 0 atom stereocenters. The van der Waals surface area contributed by atoms with Gasteiger partial charge in [0, 0.05) is 45.5 Å². The Hall–Kier alpha value is -1.33. The van der Waals surface area contributed by atoms with Gasteiger partial charge in [-0.2, -0.15) is 5.10 Å². The van der Waals surface area contributed by atoms with Gasteiger partial charge < -0.3 is 4.90 Å². The van der Waals surface area contributed by atoms with Crippen molar-refractivity contribution in [1.82, 2.24) is 19.6 Å². The van der Waals surface area contributed by atoms with E-state index in [4.69, 9.17) is 11.6 Å². The first-order valence-electron chi connectivity index (χ1n) is 7.01. The monoisotopic (exact) mass is 296 g/mol. The minimum atomic E-state index is -0.0670. The molecule has 2 rings (SSSR count). The molecule has 110 valence electrons. The molecule has 1 fully saturated rings. The molecular formula is C14H21ClN4O. The first-order valence-corrected chi connectivity index (χ1v) is 7.39. The predicted octanol–water partition coefficient (Wildman–Crippen LogP) is 1.89. The van der Waals surface area contributed by atoms with Gasteiger partial charge in [0.25, 0.3) is 5.91 Å². The lowest BCUT2D eigenvalue weighted by Crippen LogP contribution is -2.35. The van der Waals surface area contributed by atoms with Crippen LogP contribution in [0.2, 0.25) is 5.02 Å². The summed E-state index contributed by atoms with van der Waals surface area (Å²) < 4.78 is 1.69. The fraction of sp³-hybridized carbons (Fsp3) is 0.571. The lowest BCUT2D eigenvalue weighted by molar-refractivity contribution is 0.0755. The summed E-state index contributed by atoms with van der Waals surface area (Å²) in [5.74, 6) is -0.0670. The number of carbonyl (C=O) groups excluding carboxylic acids is 1. The molecule has 1 saturated heterocycles. The molecule has 0 radical (unpaired) electrons. The third-order valence-corrected chi connectivity index (χ3v) is 3.78. The minimum Gasteiger partial charge on any atom is -0.336 e. The van der Waals surface area contributed by atoms with Crippen molar-refractivity contribution in [1.29, 1.82) is 0 Å². The van der Waals surface area contributed by atoms with Gasteiger partial charge >= 0.3 is 0 Å². The molecule has 5 nitrogen and oxygen atoms in total. The van der Waals surface area contributed by atoms with Crippen molar-refractivity contribution in [2.24, 2.45) is 0 Å². The highest BCUT2D eigenvalue weighted by atomic mass is 35.5. The number of aromatic nitrogens is 2. The fourth-order valence-electron chi connectivity index (χ4n) is 2.39. The number of halogens is 1. The summed E-state index contributed by atoms with van der Waals surface area (Å²) >= 11 is 6.10. The second-order valence-electron chi connectivity index (χ2n) is 4.92. The van der Waals surface area contributed by atoms with Gasteiger partial charge in [-0.15, -0.1) is 6.58 Å². The summed E-state index contributed by atoms with van der Waals surface area (Å²) in [6, 6.07) is 0. The quantitative estimate of drug-likeness (QED) is 0.797. The number of aryl methyl sites for hydroxylation is 1. The first-order chi connectivity index (χ1) is 9.65. The Bertz CT molecular complexity index is 486. The number of nitrogens with zero attached hydrogens (tertiary/aromatic N) is 4. The second kappa shape index (κ2) is 6.90. The van der Waals surface area contributed by atoms with E-state index in [0.717, 1.165) is 32.6 Å². The SMILES string of the molecule is C=CCN1CCCN(C(=O)c2nn(CC)cc2Cl)CC1. The molecule has 0 bridgehead atoms. The molecule has 0 spiro atoms. The van der Waals surface area contributed by atoms with Gasteiger partial charge in [0.05, 0.1) is 5.02 Å². The van der Waals surface area contributed by atoms with Crippen molar-refractivity contribution >= 4 is 17.5 Å². The maximum absolute atomic E-state index is 12.5. The van der Waals surface area contributed by atoms with Crippen molar-refractivity contribution in [3.05, 3.63) is 29.6 Å². The average molecular weight is 297 g/mol. The summed E-state index contributed by atoms with van der Waals surface area (Å²) in [5.41, 5.74) is 0.366. The van der Waals surface area contributed by atoms with Crippen LogP contribution in [-0.2, 0) is 6.54 Å². The van der Waals surface area contributed by atoms with E-state index >= 15 is 0 Å². The molecular weight excluding hydrogens is 276 g/mol. The van der Waals surface area contributed by atoms with Crippen molar-refractivity contribution < 1.29 is 4.79 Å². The third-order valence-electron chi connectivity index (χ3n) is 3.51. The van der Waals surface area contributed by atoms with Gasteiger partial charge in [-0.3, -0.25) is 14.4 Å². The molecule has 20 heavy (non-hydrogen) atoms. The summed E-state index contributed by atoms with van der Waals surface area (Å²) in [5, 5.41) is 4.69. The standard InChI is InChI=1S/C14H21ClN4O/c1-3-6-17-7-5-8-18(10-9-17)14(20)13-12(15)11-19(4-2)16-13/h3,11H,1,4-10H2,2H3. The molecule has 1 aliphatic rings. The van der Waals surface area contributed by atoms with E-state index in [1.54, 1.807) is 10.9 Å². The van der Waals surface area contributed by atoms with E-state index < -0.39 is 0 Å². The first kappa shape index (κ1) is 15.1. The normalized spacial score (nSPS) is 17.0. The van der Waals surface area contributed by atoms with Gasteiger partial charge in [0.15, 0.2) is 5.69 Å². The zero-order chi connectivity index (χ0) is 14.5. The van der Waals surface area contributed by atoms with Gasteiger partial charge in [-0.05, 0) is 13.3 Å². The highest BCUT2D eigenvalue weighted by Gasteiger charge is 2.24. The molecule has 0 saturated carbocycles. The molecule has 2 heterocycles. The predicted molar refractivity (Wildman–Crippen MR) is 80.1 cm³/mol. The van der Waals surface area contributed by atoms with E-state index in [1.807, 2.05) is 17.9 Å². The highest BCUT2D eigenvalue weighted by Crippen LogP contribution is 2.17. The van der Waals surface area contributed by atoms with Gasteiger partial charge in [0.1, 0.15) is 0 Å². The zero-order valence-electron chi connectivity index (χ0n) is 11.9. The summed E-state index contributed by atoms with van der Waals surface area (Å²) in [4.78, 5) is 16.6. The van der Waals surface area contributed by atoms with Crippen LogP contribution in [0.4, 0.5) is 0 Å². The van der Waals surface area contributed by atoms with Gasteiger partial charge in [-0.1, -0.05) is 17.7 Å². The van der Waals surface area contributed by atoms with Crippen LogP contribution in [0.5, 0.6) is 0 Å². The summed E-state index contributed by atoms with van der Waals surface area (Å²) in [7, 11) is 0. The Kier molecular flexibility index (Phi) is 5.20. The second-order valence-corrected chi connectivity index (χ2v) is 5.32. The number of amides is 1. The third kappa shape index (κ3) is 3.41. The van der Waals surface area contributed by atoms with E-state index in [-0.39, 0.29) is 5.91 Å². The average Bonchev–Trinajstić information content (AvgIpc) is 2.67. The van der Waals surface area contributed by atoms with Crippen LogP contribution in [0.1, 0.15) is 23.8 Å². The van der Waals surface area contributed by atoms with Crippen molar-refractivity contribution in [2.75, 3.05) is 32.7 Å². The Morgan fingerprint density at radius 3 is 2.90 bits per heavy atom. The molecule has 0 aromatic carbocycles. The summed E-state index contributed by atoms with van der Waals surface area (Å²) in [6.07, 6.45) is 4.57.